The summed E-state index contributed by atoms with van der Waals surface area (Å²) in [5.41, 5.74) is 2.22. The van der Waals surface area contributed by atoms with Gasteiger partial charge in [0.2, 0.25) is 5.91 Å². The third-order valence-corrected chi connectivity index (χ3v) is 6.39. The quantitative estimate of drug-likeness (QED) is 0.449. The second-order valence-corrected chi connectivity index (χ2v) is 9.00. The Morgan fingerprint density at radius 2 is 1.91 bits per heavy atom. The van der Waals surface area contributed by atoms with Crippen LogP contribution >= 0.6 is 11.6 Å². The molecule has 172 valence electrons. The van der Waals surface area contributed by atoms with Crippen LogP contribution in [0.3, 0.4) is 0 Å². The Morgan fingerprint density at radius 1 is 1.15 bits per heavy atom. The van der Waals surface area contributed by atoms with Crippen molar-refractivity contribution >= 4 is 29.1 Å². The normalized spacial score (nSPS) is 17.5. The molecule has 8 heteroatoms. The van der Waals surface area contributed by atoms with Gasteiger partial charge in [-0.05, 0) is 55.3 Å². The molecule has 0 saturated carbocycles. The highest BCUT2D eigenvalue weighted by molar-refractivity contribution is 6.30. The molecule has 0 fully saturated rings. The van der Waals surface area contributed by atoms with Crippen molar-refractivity contribution in [2.75, 3.05) is 4.90 Å². The van der Waals surface area contributed by atoms with Crippen LogP contribution in [0.25, 0.3) is 11.5 Å². The van der Waals surface area contributed by atoms with Crippen LogP contribution in [-0.4, -0.2) is 27.1 Å². The van der Waals surface area contributed by atoms with Crippen molar-refractivity contribution in [3.8, 4) is 11.5 Å². The first-order valence-corrected chi connectivity index (χ1v) is 11.3. The molecule has 2 aromatic heterocycles. The van der Waals surface area contributed by atoms with Gasteiger partial charge in [0.1, 0.15) is 16.9 Å². The molecular formula is C26H23ClN4O3. The van der Waals surface area contributed by atoms with Gasteiger partial charge in [-0.3, -0.25) is 19.2 Å². The monoisotopic (exact) mass is 474 g/mol. The van der Waals surface area contributed by atoms with E-state index in [1.165, 1.54) is 0 Å². The number of rotatable bonds is 5. The van der Waals surface area contributed by atoms with Gasteiger partial charge in [-0.1, -0.05) is 41.9 Å². The minimum absolute atomic E-state index is 0.190. The molecule has 4 aromatic rings. The SMILES string of the molecule is Cc1ccccc1N1C(=O)c2cc(-c3ccco3)nn2C[C@@]1(C)C(=O)NCc1ccc(Cl)cc1. The molecule has 2 aromatic carbocycles. The van der Waals surface area contributed by atoms with Gasteiger partial charge >= 0.3 is 0 Å². The number of fused-ring (bicyclic) bond motifs is 1. The average Bonchev–Trinajstić information content (AvgIpc) is 3.50. The van der Waals surface area contributed by atoms with Crippen LogP contribution in [0.4, 0.5) is 5.69 Å². The van der Waals surface area contributed by atoms with E-state index in [1.807, 2.05) is 43.3 Å². The van der Waals surface area contributed by atoms with Crippen LogP contribution in [0.5, 0.6) is 0 Å². The lowest BCUT2D eigenvalue weighted by molar-refractivity contribution is -0.126. The average molecular weight is 475 g/mol. The second-order valence-electron chi connectivity index (χ2n) is 8.56. The predicted molar refractivity (Wildman–Crippen MR) is 130 cm³/mol. The molecule has 0 spiro atoms. The number of carbonyl (C=O) groups is 2. The van der Waals surface area contributed by atoms with Gasteiger partial charge in [-0.15, -0.1) is 0 Å². The highest BCUT2D eigenvalue weighted by Gasteiger charge is 2.49. The summed E-state index contributed by atoms with van der Waals surface area (Å²) in [7, 11) is 0. The van der Waals surface area contributed by atoms with E-state index in [2.05, 4.69) is 10.4 Å². The van der Waals surface area contributed by atoms with E-state index in [-0.39, 0.29) is 18.4 Å². The highest BCUT2D eigenvalue weighted by atomic mass is 35.5. The van der Waals surface area contributed by atoms with Crippen molar-refractivity contribution in [2.45, 2.75) is 32.5 Å². The van der Waals surface area contributed by atoms with E-state index < -0.39 is 5.54 Å². The fraction of sp³-hybridized carbons (Fsp3) is 0.192. The largest absolute Gasteiger partial charge is 0.463 e. The first-order valence-electron chi connectivity index (χ1n) is 10.9. The molecule has 1 aliphatic rings. The number of hydrogen-bond donors (Lipinski definition) is 1. The maximum atomic E-state index is 13.8. The number of nitrogens with zero attached hydrogens (tertiary/aromatic N) is 3. The number of benzene rings is 2. The van der Waals surface area contributed by atoms with Crippen LogP contribution in [0.2, 0.25) is 5.02 Å². The van der Waals surface area contributed by atoms with Gasteiger partial charge < -0.3 is 9.73 Å². The molecule has 34 heavy (non-hydrogen) atoms. The smallest absolute Gasteiger partial charge is 0.277 e. The number of furan rings is 1. The maximum Gasteiger partial charge on any atom is 0.277 e. The minimum atomic E-state index is -1.21. The van der Waals surface area contributed by atoms with Crippen LogP contribution in [0, 0.1) is 6.92 Å². The molecule has 1 atom stereocenters. The molecule has 1 N–H and O–H groups in total. The van der Waals surface area contributed by atoms with Gasteiger partial charge in [-0.25, -0.2) is 0 Å². The standard InChI is InChI=1S/C26H23ClN4O3/c1-17-6-3-4-7-21(17)31-24(32)22-14-20(23-8-5-13-34-23)29-30(22)16-26(31,2)25(33)28-15-18-9-11-19(27)12-10-18/h3-14H,15-16H2,1-2H3,(H,28,33)/t26-/m0/s1. The number of amides is 2. The molecule has 7 nitrogen and oxygen atoms in total. The Labute approximate surface area is 201 Å². The van der Waals surface area contributed by atoms with Crippen LogP contribution in [0.1, 0.15) is 28.5 Å². The van der Waals surface area contributed by atoms with E-state index in [0.29, 0.717) is 34.4 Å². The third kappa shape index (κ3) is 3.78. The molecule has 0 bridgehead atoms. The third-order valence-electron chi connectivity index (χ3n) is 6.14. The Hall–Kier alpha value is -3.84. The van der Waals surface area contributed by atoms with E-state index in [1.54, 1.807) is 53.1 Å². The first kappa shape index (κ1) is 22.0. The van der Waals surface area contributed by atoms with Crippen LogP contribution in [0.15, 0.2) is 77.4 Å². The zero-order valence-electron chi connectivity index (χ0n) is 18.8. The Bertz CT molecular complexity index is 1360. The number of anilines is 1. The zero-order valence-corrected chi connectivity index (χ0v) is 19.5. The van der Waals surface area contributed by atoms with Crippen molar-refractivity contribution in [3.63, 3.8) is 0 Å². The lowest BCUT2D eigenvalue weighted by Crippen LogP contribution is -2.64. The zero-order chi connectivity index (χ0) is 23.9. The summed E-state index contributed by atoms with van der Waals surface area (Å²) in [6.45, 7) is 4.20. The molecule has 5 rings (SSSR count). The van der Waals surface area contributed by atoms with Gasteiger partial charge in [0.05, 0.1) is 12.8 Å². The topological polar surface area (TPSA) is 80.4 Å². The molecule has 0 saturated heterocycles. The van der Waals surface area contributed by atoms with Crippen LogP contribution in [-0.2, 0) is 17.9 Å². The molecular weight excluding hydrogens is 452 g/mol. The van der Waals surface area contributed by atoms with E-state index in [4.69, 9.17) is 16.0 Å². The van der Waals surface area contributed by atoms with Gasteiger partial charge in [0.25, 0.3) is 5.91 Å². The molecule has 0 aliphatic carbocycles. The van der Waals surface area contributed by atoms with E-state index in [9.17, 15) is 9.59 Å². The summed E-state index contributed by atoms with van der Waals surface area (Å²) in [6.07, 6.45) is 1.56. The molecule has 0 unspecified atom stereocenters. The number of halogens is 1. The number of aryl methyl sites for hydroxylation is 1. The van der Waals surface area contributed by atoms with Crippen molar-refractivity contribution < 1.29 is 14.0 Å². The van der Waals surface area contributed by atoms with Crippen molar-refractivity contribution in [2.24, 2.45) is 0 Å². The van der Waals surface area contributed by atoms with Gasteiger partial charge in [0, 0.05) is 23.3 Å². The van der Waals surface area contributed by atoms with E-state index in [0.717, 1.165) is 11.1 Å². The number of aromatic nitrogens is 2. The first-order chi connectivity index (χ1) is 16.4. The predicted octanol–water partition coefficient (Wildman–Crippen LogP) is 4.84. The summed E-state index contributed by atoms with van der Waals surface area (Å²) in [5, 5.41) is 8.21. The number of hydrogen-bond acceptors (Lipinski definition) is 4. The fourth-order valence-electron chi connectivity index (χ4n) is 4.29. The second kappa shape index (κ2) is 8.50. The fourth-order valence-corrected chi connectivity index (χ4v) is 4.42. The Kier molecular flexibility index (Phi) is 5.49. The van der Waals surface area contributed by atoms with Crippen molar-refractivity contribution in [1.29, 1.82) is 0 Å². The number of nitrogens with one attached hydrogen (secondary N) is 1. The summed E-state index contributed by atoms with van der Waals surface area (Å²) in [5.74, 6) is -0.0132. The molecule has 1 aliphatic heterocycles. The van der Waals surface area contributed by atoms with Crippen LogP contribution < -0.4 is 10.2 Å². The van der Waals surface area contributed by atoms with Crippen molar-refractivity contribution in [1.82, 2.24) is 15.1 Å². The van der Waals surface area contributed by atoms with Gasteiger partial charge in [0.15, 0.2) is 5.76 Å². The number of carbonyl (C=O) groups excluding carboxylic acids is 2. The van der Waals surface area contributed by atoms with E-state index >= 15 is 0 Å². The highest BCUT2D eigenvalue weighted by Crippen LogP contribution is 2.35. The molecule has 2 amide bonds. The summed E-state index contributed by atoms with van der Waals surface area (Å²) >= 11 is 5.98. The maximum absolute atomic E-state index is 13.8. The Balaban J connectivity index is 1.54. The lowest BCUT2D eigenvalue weighted by Gasteiger charge is -2.43. The summed E-state index contributed by atoms with van der Waals surface area (Å²) < 4.78 is 7.06. The Morgan fingerprint density at radius 3 is 2.62 bits per heavy atom. The number of para-hydroxylation sites is 1. The summed E-state index contributed by atoms with van der Waals surface area (Å²) in [6, 6.07) is 20.1. The minimum Gasteiger partial charge on any atom is -0.463 e. The molecule has 3 heterocycles. The molecule has 0 radical (unpaired) electrons. The van der Waals surface area contributed by atoms with Gasteiger partial charge in [-0.2, -0.15) is 5.10 Å². The summed E-state index contributed by atoms with van der Waals surface area (Å²) in [4.78, 5) is 29.1. The lowest BCUT2D eigenvalue weighted by atomic mass is 9.93. The van der Waals surface area contributed by atoms with Crippen molar-refractivity contribution in [3.05, 3.63) is 94.8 Å².